The summed E-state index contributed by atoms with van der Waals surface area (Å²) in [6.45, 7) is 0.243. The van der Waals surface area contributed by atoms with Crippen molar-refractivity contribution in [2.45, 2.75) is 12.6 Å². The molecule has 1 heterocycles. The Balaban J connectivity index is 1.96. The zero-order valence-electron chi connectivity index (χ0n) is 11.4. The van der Waals surface area contributed by atoms with Crippen molar-refractivity contribution >= 4 is 17.5 Å². The summed E-state index contributed by atoms with van der Waals surface area (Å²) in [7, 11) is 1.47. The number of nitrogens with zero attached hydrogens (tertiary/aromatic N) is 2. The Morgan fingerprint density at radius 3 is 3.10 bits per heavy atom. The van der Waals surface area contributed by atoms with Crippen LogP contribution in [0.25, 0.3) is 11.4 Å². The van der Waals surface area contributed by atoms with Gasteiger partial charge in [0, 0.05) is 17.7 Å². The van der Waals surface area contributed by atoms with E-state index in [0.717, 1.165) is 5.56 Å². The van der Waals surface area contributed by atoms with Crippen LogP contribution >= 0.6 is 11.6 Å². The molecule has 7 nitrogen and oxygen atoms in total. The largest absolute Gasteiger partial charge is 0.383 e. The van der Waals surface area contributed by atoms with Crippen molar-refractivity contribution in [2.75, 3.05) is 13.7 Å². The van der Waals surface area contributed by atoms with Gasteiger partial charge in [-0.25, -0.2) is 0 Å². The highest BCUT2D eigenvalue weighted by molar-refractivity contribution is 6.30. The second-order valence-electron chi connectivity index (χ2n) is 4.30. The molecule has 0 aliphatic carbocycles. The van der Waals surface area contributed by atoms with Gasteiger partial charge in [0.25, 0.3) is 0 Å². The molecule has 2 aromatic rings. The van der Waals surface area contributed by atoms with E-state index in [-0.39, 0.29) is 24.9 Å². The van der Waals surface area contributed by atoms with Gasteiger partial charge in [0.2, 0.25) is 17.6 Å². The van der Waals surface area contributed by atoms with E-state index >= 15 is 0 Å². The molecule has 1 aromatic carbocycles. The van der Waals surface area contributed by atoms with E-state index in [1.54, 1.807) is 18.2 Å². The van der Waals surface area contributed by atoms with Gasteiger partial charge >= 0.3 is 0 Å². The third-order valence-electron chi connectivity index (χ3n) is 2.65. The number of halogens is 1. The van der Waals surface area contributed by atoms with Gasteiger partial charge < -0.3 is 20.3 Å². The van der Waals surface area contributed by atoms with Crippen LogP contribution in [0.1, 0.15) is 5.89 Å². The van der Waals surface area contributed by atoms with Gasteiger partial charge in [0.15, 0.2) is 0 Å². The molecule has 0 saturated carbocycles. The SMILES string of the molecule is COCC(N)C(=O)NCc1nc(-c2cccc(Cl)c2)no1. The molecule has 8 heteroatoms. The van der Waals surface area contributed by atoms with E-state index in [1.165, 1.54) is 7.11 Å². The molecule has 0 fully saturated rings. The molecular weight excluding hydrogens is 296 g/mol. The Kier molecular flexibility index (Phi) is 5.26. The molecule has 21 heavy (non-hydrogen) atoms. The van der Waals surface area contributed by atoms with Gasteiger partial charge in [-0.15, -0.1) is 0 Å². The summed E-state index contributed by atoms with van der Waals surface area (Å²) < 4.78 is 9.86. The van der Waals surface area contributed by atoms with Crippen molar-refractivity contribution in [1.29, 1.82) is 0 Å². The minimum absolute atomic E-state index is 0.101. The van der Waals surface area contributed by atoms with Crippen molar-refractivity contribution in [3.8, 4) is 11.4 Å². The van der Waals surface area contributed by atoms with Crippen LogP contribution in [0.15, 0.2) is 28.8 Å². The molecule has 0 bridgehead atoms. The lowest BCUT2D eigenvalue weighted by Gasteiger charge is -2.09. The second kappa shape index (κ2) is 7.16. The van der Waals surface area contributed by atoms with E-state index in [9.17, 15) is 4.79 Å². The molecule has 0 radical (unpaired) electrons. The Morgan fingerprint density at radius 1 is 1.57 bits per heavy atom. The molecule has 112 valence electrons. The van der Waals surface area contributed by atoms with E-state index < -0.39 is 6.04 Å². The Bertz CT molecular complexity index is 617. The number of nitrogens with two attached hydrogens (primary N) is 1. The minimum Gasteiger partial charge on any atom is -0.383 e. The molecular formula is C13H15ClN4O3. The van der Waals surface area contributed by atoms with Crippen LogP contribution in [0.4, 0.5) is 0 Å². The molecule has 0 spiro atoms. The molecule has 0 aliphatic rings. The lowest BCUT2D eigenvalue weighted by Crippen LogP contribution is -2.43. The zero-order valence-corrected chi connectivity index (χ0v) is 12.1. The first-order valence-electron chi connectivity index (χ1n) is 6.21. The van der Waals surface area contributed by atoms with Crippen LogP contribution in [0.3, 0.4) is 0 Å². The maximum atomic E-state index is 11.6. The number of aromatic nitrogens is 2. The van der Waals surface area contributed by atoms with E-state index in [2.05, 4.69) is 15.5 Å². The average molecular weight is 311 g/mol. The molecule has 3 N–H and O–H groups in total. The van der Waals surface area contributed by atoms with Crippen LogP contribution in [0.2, 0.25) is 5.02 Å². The molecule has 1 unspecified atom stereocenters. The minimum atomic E-state index is -0.731. The average Bonchev–Trinajstić information content (AvgIpc) is 2.94. The summed E-state index contributed by atoms with van der Waals surface area (Å²) in [5.41, 5.74) is 6.32. The van der Waals surface area contributed by atoms with Gasteiger partial charge in [-0.2, -0.15) is 4.98 Å². The molecule has 2 rings (SSSR count). The number of benzene rings is 1. The van der Waals surface area contributed by atoms with Crippen LogP contribution in [0.5, 0.6) is 0 Å². The maximum absolute atomic E-state index is 11.6. The number of carbonyl (C=O) groups excluding carboxylic acids is 1. The highest BCUT2D eigenvalue weighted by Gasteiger charge is 2.14. The Morgan fingerprint density at radius 2 is 2.38 bits per heavy atom. The summed E-state index contributed by atoms with van der Waals surface area (Å²) in [4.78, 5) is 15.8. The normalized spacial score (nSPS) is 12.1. The first-order valence-corrected chi connectivity index (χ1v) is 6.58. The van der Waals surface area contributed by atoms with Gasteiger partial charge in [-0.1, -0.05) is 28.9 Å². The fraction of sp³-hybridized carbons (Fsp3) is 0.308. The van der Waals surface area contributed by atoms with Crippen LogP contribution in [-0.2, 0) is 16.1 Å². The van der Waals surface area contributed by atoms with Gasteiger partial charge in [-0.3, -0.25) is 4.79 Å². The van der Waals surface area contributed by atoms with E-state index in [0.29, 0.717) is 10.8 Å². The predicted octanol–water partition coefficient (Wildman–Crippen LogP) is 0.980. The summed E-state index contributed by atoms with van der Waals surface area (Å²) >= 11 is 5.90. The summed E-state index contributed by atoms with van der Waals surface area (Å²) in [5, 5.41) is 7.01. The monoisotopic (exact) mass is 310 g/mol. The van der Waals surface area contributed by atoms with Crippen LogP contribution in [0, 0.1) is 0 Å². The number of hydrogen-bond donors (Lipinski definition) is 2. The maximum Gasteiger partial charge on any atom is 0.246 e. The Labute approximate surface area is 126 Å². The number of carbonyl (C=O) groups is 1. The highest BCUT2D eigenvalue weighted by Crippen LogP contribution is 2.19. The summed E-state index contributed by atoms with van der Waals surface area (Å²) in [5.74, 6) is 0.338. The first kappa shape index (κ1) is 15.4. The fourth-order valence-corrected chi connectivity index (χ4v) is 1.81. The quantitative estimate of drug-likeness (QED) is 0.824. The number of hydrogen-bond acceptors (Lipinski definition) is 6. The third-order valence-corrected chi connectivity index (χ3v) is 2.88. The first-order chi connectivity index (χ1) is 10.1. The van der Waals surface area contributed by atoms with E-state index in [1.807, 2.05) is 6.07 Å². The van der Waals surface area contributed by atoms with Crippen molar-refractivity contribution in [2.24, 2.45) is 5.73 Å². The summed E-state index contributed by atoms with van der Waals surface area (Å²) in [6, 6.07) is 6.35. The fourth-order valence-electron chi connectivity index (χ4n) is 1.62. The molecule has 1 atom stereocenters. The number of rotatable bonds is 6. The molecule has 0 saturated heterocycles. The van der Waals surface area contributed by atoms with E-state index in [4.69, 9.17) is 26.6 Å². The van der Waals surface area contributed by atoms with Crippen LogP contribution in [-0.4, -0.2) is 35.8 Å². The van der Waals surface area contributed by atoms with Crippen molar-refractivity contribution in [1.82, 2.24) is 15.5 Å². The molecule has 1 aromatic heterocycles. The number of nitrogens with one attached hydrogen (secondary N) is 1. The smallest absolute Gasteiger partial charge is 0.246 e. The topological polar surface area (TPSA) is 103 Å². The van der Waals surface area contributed by atoms with Gasteiger partial charge in [0.1, 0.15) is 6.04 Å². The van der Waals surface area contributed by atoms with Crippen LogP contribution < -0.4 is 11.1 Å². The number of methoxy groups -OCH3 is 1. The highest BCUT2D eigenvalue weighted by atomic mass is 35.5. The zero-order chi connectivity index (χ0) is 15.2. The molecule has 1 amide bonds. The molecule has 0 aliphatic heterocycles. The number of amides is 1. The predicted molar refractivity (Wildman–Crippen MR) is 76.4 cm³/mol. The second-order valence-corrected chi connectivity index (χ2v) is 4.74. The van der Waals surface area contributed by atoms with Crippen molar-refractivity contribution in [3.05, 3.63) is 35.2 Å². The Hall–Kier alpha value is -1.96. The van der Waals surface area contributed by atoms with Crippen molar-refractivity contribution < 1.29 is 14.1 Å². The summed E-state index contributed by atoms with van der Waals surface area (Å²) in [6.07, 6.45) is 0. The van der Waals surface area contributed by atoms with Crippen molar-refractivity contribution in [3.63, 3.8) is 0 Å². The van der Waals surface area contributed by atoms with Gasteiger partial charge in [0.05, 0.1) is 13.2 Å². The number of ether oxygens (including phenoxy) is 1. The standard InChI is InChI=1S/C13H15ClN4O3/c1-20-7-10(15)13(19)16-6-11-17-12(18-21-11)8-3-2-4-9(14)5-8/h2-5,10H,6-7,15H2,1H3,(H,16,19). The van der Waals surface area contributed by atoms with Gasteiger partial charge in [-0.05, 0) is 12.1 Å². The third kappa shape index (κ3) is 4.25. The lowest BCUT2D eigenvalue weighted by atomic mass is 10.2. The lowest BCUT2D eigenvalue weighted by molar-refractivity contribution is -0.123.